The quantitative estimate of drug-likeness (QED) is 0.582. The van der Waals surface area contributed by atoms with Crippen molar-refractivity contribution in [3.8, 4) is 0 Å². The second-order valence-corrected chi connectivity index (χ2v) is 3.92. The van der Waals surface area contributed by atoms with Crippen LogP contribution in [0, 0.1) is 5.41 Å². The first-order valence-corrected chi connectivity index (χ1v) is 4.58. The number of carboxylic acid groups (broad SMARTS) is 1. The summed E-state index contributed by atoms with van der Waals surface area (Å²) in [5.74, 6) is -1.25. The Bertz CT molecular complexity index is 226. The van der Waals surface area contributed by atoms with Gasteiger partial charge in [0.15, 0.2) is 0 Å². The summed E-state index contributed by atoms with van der Waals surface area (Å²) in [6.07, 6.45) is 0.541. The number of nitrogens with two attached hydrogens (primary N) is 1. The monoisotopic (exact) mass is 202 g/mol. The van der Waals surface area contributed by atoms with E-state index in [4.69, 9.17) is 10.8 Å². The second kappa shape index (κ2) is 4.95. The summed E-state index contributed by atoms with van der Waals surface area (Å²) in [5.41, 5.74) is 4.51. The Labute approximate surface area is 83.7 Å². The fourth-order valence-corrected chi connectivity index (χ4v) is 0.700. The van der Waals surface area contributed by atoms with Crippen molar-refractivity contribution in [1.82, 2.24) is 5.32 Å². The Morgan fingerprint density at radius 2 is 2.00 bits per heavy atom. The molecule has 1 atom stereocenters. The smallest absolute Gasteiger partial charge is 0.310 e. The molecule has 5 heteroatoms. The first-order chi connectivity index (χ1) is 6.31. The summed E-state index contributed by atoms with van der Waals surface area (Å²) in [4.78, 5) is 21.9. The number of carboxylic acids is 1. The topological polar surface area (TPSA) is 92.4 Å². The van der Waals surface area contributed by atoms with Crippen molar-refractivity contribution in [1.29, 1.82) is 0 Å². The predicted molar refractivity (Wildman–Crippen MR) is 52.7 cm³/mol. The molecule has 0 fully saturated rings. The SMILES string of the molecule is CCC(N)C(=O)NCC(C)(C)C(=O)O. The first kappa shape index (κ1) is 12.9. The van der Waals surface area contributed by atoms with Gasteiger partial charge in [0, 0.05) is 6.54 Å². The van der Waals surface area contributed by atoms with Crippen LogP contribution in [-0.4, -0.2) is 29.6 Å². The van der Waals surface area contributed by atoms with Crippen LogP contribution in [0.2, 0.25) is 0 Å². The van der Waals surface area contributed by atoms with E-state index in [1.807, 2.05) is 0 Å². The van der Waals surface area contributed by atoms with Gasteiger partial charge in [0.05, 0.1) is 11.5 Å². The van der Waals surface area contributed by atoms with Crippen LogP contribution >= 0.6 is 0 Å². The van der Waals surface area contributed by atoms with Gasteiger partial charge in [-0.1, -0.05) is 6.92 Å². The van der Waals surface area contributed by atoms with Crippen molar-refractivity contribution in [3.05, 3.63) is 0 Å². The third kappa shape index (κ3) is 3.74. The molecule has 0 aliphatic heterocycles. The molecule has 0 aromatic carbocycles. The second-order valence-electron chi connectivity index (χ2n) is 3.92. The van der Waals surface area contributed by atoms with Gasteiger partial charge in [0.2, 0.25) is 5.91 Å². The lowest BCUT2D eigenvalue weighted by molar-refractivity contribution is -0.146. The van der Waals surface area contributed by atoms with Crippen LogP contribution in [-0.2, 0) is 9.59 Å². The molecule has 0 aliphatic carbocycles. The molecule has 0 saturated heterocycles. The maximum Gasteiger partial charge on any atom is 0.310 e. The van der Waals surface area contributed by atoms with Gasteiger partial charge in [0.25, 0.3) is 0 Å². The van der Waals surface area contributed by atoms with Crippen molar-refractivity contribution in [2.24, 2.45) is 11.1 Å². The molecule has 0 bridgehead atoms. The van der Waals surface area contributed by atoms with Gasteiger partial charge in [-0.05, 0) is 20.3 Å². The van der Waals surface area contributed by atoms with Crippen LogP contribution < -0.4 is 11.1 Å². The molecule has 14 heavy (non-hydrogen) atoms. The first-order valence-electron chi connectivity index (χ1n) is 4.58. The number of amides is 1. The largest absolute Gasteiger partial charge is 0.481 e. The van der Waals surface area contributed by atoms with Crippen molar-refractivity contribution in [2.45, 2.75) is 33.2 Å². The Morgan fingerprint density at radius 3 is 2.36 bits per heavy atom. The predicted octanol–water partition coefficient (Wildman–Crippen LogP) is -0.0493. The minimum atomic E-state index is -0.955. The zero-order chi connectivity index (χ0) is 11.4. The highest BCUT2D eigenvalue weighted by Gasteiger charge is 2.28. The molecule has 5 nitrogen and oxygen atoms in total. The number of nitrogens with one attached hydrogen (secondary N) is 1. The molecule has 1 unspecified atom stereocenters. The van der Waals surface area contributed by atoms with E-state index in [9.17, 15) is 9.59 Å². The van der Waals surface area contributed by atoms with Gasteiger partial charge >= 0.3 is 5.97 Å². The lowest BCUT2D eigenvalue weighted by Crippen LogP contribution is -2.45. The fourth-order valence-electron chi connectivity index (χ4n) is 0.700. The molecule has 1 amide bonds. The van der Waals surface area contributed by atoms with Gasteiger partial charge in [-0.15, -0.1) is 0 Å². The molecule has 82 valence electrons. The molecule has 0 spiro atoms. The third-order valence-corrected chi connectivity index (χ3v) is 2.06. The van der Waals surface area contributed by atoms with Gasteiger partial charge in [0.1, 0.15) is 0 Å². The Balaban J connectivity index is 4.06. The Kier molecular flexibility index (Phi) is 4.56. The van der Waals surface area contributed by atoms with Crippen LogP contribution in [0.4, 0.5) is 0 Å². The minimum Gasteiger partial charge on any atom is -0.481 e. The van der Waals surface area contributed by atoms with E-state index in [1.54, 1.807) is 20.8 Å². The van der Waals surface area contributed by atoms with Crippen molar-refractivity contribution < 1.29 is 14.7 Å². The van der Waals surface area contributed by atoms with Crippen LogP contribution in [0.15, 0.2) is 0 Å². The minimum absolute atomic E-state index is 0.0921. The summed E-state index contributed by atoms with van der Waals surface area (Å²) in [6.45, 7) is 4.99. The molecule has 0 aliphatic rings. The van der Waals surface area contributed by atoms with Gasteiger partial charge in [-0.3, -0.25) is 9.59 Å². The molecular weight excluding hydrogens is 184 g/mol. The molecule has 0 aromatic rings. The van der Waals surface area contributed by atoms with Gasteiger partial charge in [-0.25, -0.2) is 0 Å². The summed E-state index contributed by atoms with van der Waals surface area (Å²) in [5, 5.41) is 11.3. The highest BCUT2D eigenvalue weighted by molar-refractivity contribution is 5.82. The molecule has 0 aromatic heterocycles. The number of carbonyl (C=O) groups excluding carboxylic acids is 1. The van der Waals surface area contributed by atoms with Gasteiger partial charge < -0.3 is 16.2 Å². The zero-order valence-corrected chi connectivity index (χ0v) is 8.83. The van der Waals surface area contributed by atoms with Crippen LogP contribution in [0.1, 0.15) is 27.2 Å². The average Bonchev–Trinajstić information content (AvgIpc) is 2.12. The van der Waals surface area contributed by atoms with E-state index in [2.05, 4.69) is 5.32 Å². The number of carbonyl (C=O) groups is 2. The van der Waals surface area contributed by atoms with Crippen molar-refractivity contribution >= 4 is 11.9 Å². The van der Waals surface area contributed by atoms with Crippen LogP contribution in [0.5, 0.6) is 0 Å². The number of hydrogen-bond donors (Lipinski definition) is 3. The van der Waals surface area contributed by atoms with E-state index in [0.29, 0.717) is 6.42 Å². The normalized spacial score (nSPS) is 13.4. The summed E-state index contributed by atoms with van der Waals surface area (Å²) in [6, 6.07) is -0.556. The molecule has 4 N–H and O–H groups in total. The van der Waals surface area contributed by atoms with E-state index >= 15 is 0 Å². The third-order valence-electron chi connectivity index (χ3n) is 2.06. The lowest BCUT2D eigenvalue weighted by Gasteiger charge is -2.20. The molecule has 0 radical (unpaired) electrons. The zero-order valence-electron chi connectivity index (χ0n) is 8.83. The Hall–Kier alpha value is -1.10. The van der Waals surface area contributed by atoms with Gasteiger partial charge in [-0.2, -0.15) is 0 Å². The highest BCUT2D eigenvalue weighted by Crippen LogP contribution is 2.12. The van der Waals surface area contributed by atoms with Crippen molar-refractivity contribution in [2.75, 3.05) is 6.54 Å². The number of aliphatic carboxylic acids is 1. The summed E-state index contributed by atoms with van der Waals surface area (Å²) >= 11 is 0. The average molecular weight is 202 g/mol. The van der Waals surface area contributed by atoms with E-state index in [0.717, 1.165) is 0 Å². The summed E-state index contributed by atoms with van der Waals surface area (Å²) < 4.78 is 0. The van der Waals surface area contributed by atoms with E-state index < -0.39 is 17.4 Å². The summed E-state index contributed by atoms with van der Waals surface area (Å²) in [7, 11) is 0. The molecule has 0 rings (SSSR count). The lowest BCUT2D eigenvalue weighted by atomic mass is 9.94. The van der Waals surface area contributed by atoms with E-state index in [-0.39, 0.29) is 12.5 Å². The number of hydrogen-bond acceptors (Lipinski definition) is 3. The molecular formula is C9H18N2O3. The maximum absolute atomic E-state index is 11.2. The highest BCUT2D eigenvalue weighted by atomic mass is 16.4. The van der Waals surface area contributed by atoms with Crippen molar-refractivity contribution in [3.63, 3.8) is 0 Å². The number of rotatable bonds is 5. The van der Waals surface area contributed by atoms with Crippen LogP contribution in [0.25, 0.3) is 0 Å². The Morgan fingerprint density at radius 1 is 1.50 bits per heavy atom. The van der Waals surface area contributed by atoms with Crippen LogP contribution in [0.3, 0.4) is 0 Å². The standard InChI is InChI=1S/C9H18N2O3/c1-4-6(10)7(12)11-5-9(2,3)8(13)14/h6H,4-5,10H2,1-3H3,(H,11,12)(H,13,14). The van der Waals surface area contributed by atoms with E-state index in [1.165, 1.54) is 0 Å². The molecule has 0 heterocycles. The maximum atomic E-state index is 11.2. The fraction of sp³-hybridized carbons (Fsp3) is 0.778. The molecule has 0 saturated carbocycles.